The second-order valence-electron chi connectivity index (χ2n) is 5.22. The lowest BCUT2D eigenvalue weighted by Crippen LogP contribution is -2.35. The zero-order valence-corrected chi connectivity index (χ0v) is 13.6. The highest BCUT2D eigenvalue weighted by atomic mass is 35.5. The molecule has 2 aromatic rings. The van der Waals surface area contributed by atoms with Crippen LogP contribution in [0.3, 0.4) is 0 Å². The van der Waals surface area contributed by atoms with Crippen LogP contribution < -0.4 is 26.7 Å². The molecule has 1 aliphatic heterocycles. The number of anilines is 1. The summed E-state index contributed by atoms with van der Waals surface area (Å²) in [4.78, 5) is 1.88. The van der Waals surface area contributed by atoms with Crippen LogP contribution in [0.4, 0.5) is 10.1 Å². The van der Waals surface area contributed by atoms with E-state index in [0.717, 1.165) is 0 Å². The van der Waals surface area contributed by atoms with Gasteiger partial charge >= 0.3 is 0 Å². The molecule has 3 rings (SSSR count). The Hall–Kier alpha value is -2.52. The molecule has 0 unspecified atom stereocenters. The third-order valence-corrected chi connectivity index (χ3v) is 3.84. The zero-order valence-electron chi connectivity index (χ0n) is 12.8. The molecule has 0 fully saturated rings. The highest BCUT2D eigenvalue weighted by Crippen LogP contribution is 2.40. The summed E-state index contributed by atoms with van der Waals surface area (Å²) in [6.45, 7) is 3.12. The quantitative estimate of drug-likeness (QED) is 0.327. The van der Waals surface area contributed by atoms with E-state index in [1.54, 1.807) is 13.0 Å². The van der Waals surface area contributed by atoms with Crippen molar-refractivity contribution in [2.24, 2.45) is 16.7 Å². The molecule has 10 heteroatoms. The van der Waals surface area contributed by atoms with Gasteiger partial charge in [0.15, 0.2) is 11.7 Å². The summed E-state index contributed by atoms with van der Waals surface area (Å²) in [6.07, 6.45) is 0. The van der Waals surface area contributed by atoms with Crippen LogP contribution in [0, 0.1) is 12.7 Å². The molecular formula is C14H16ClFN6O2. The van der Waals surface area contributed by atoms with Gasteiger partial charge in [-0.15, -0.1) is 5.10 Å². The Bertz CT molecular complexity index is 794. The van der Waals surface area contributed by atoms with Crippen molar-refractivity contribution in [2.75, 3.05) is 18.1 Å². The lowest BCUT2D eigenvalue weighted by Gasteiger charge is -2.32. The second kappa shape index (κ2) is 6.54. The van der Waals surface area contributed by atoms with E-state index < -0.39 is 5.82 Å². The van der Waals surface area contributed by atoms with Crippen LogP contribution in [0.15, 0.2) is 21.8 Å². The van der Waals surface area contributed by atoms with Crippen molar-refractivity contribution in [2.45, 2.75) is 13.5 Å². The lowest BCUT2D eigenvalue weighted by molar-refractivity contribution is 0.305. The molecule has 1 aromatic carbocycles. The van der Waals surface area contributed by atoms with Crippen LogP contribution in [-0.4, -0.2) is 24.1 Å². The Balaban J connectivity index is 2.10. The first-order valence-corrected chi connectivity index (χ1v) is 7.50. The molecule has 0 saturated carbocycles. The van der Waals surface area contributed by atoms with Crippen LogP contribution in [0.5, 0.6) is 5.75 Å². The standard InChI is InChI=1S/C14H16ClFN6O2/c1-7-4-8(20-24-7)6-22-2-3-23-10-5-9(15)12(16)11(13(10)22)14(17)19-21-18/h4-5,21H,2-3,6,18H2,1H3,(H2,17,19). The predicted octanol–water partition coefficient (Wildman–Crippen LogP) is 1.26. The summed E-state index contributed by atoms with van der Waals surface area (Å²) in [6, 6.07) is 3.22. The van der Waals surface area contributed by atoms with Gasteiger partial charge < -0.3 is 19.9 Å². The molecule has 0 atom stereocenters. The number of benzene rings is 1. The van der Waals surface area contributed by atoms with Gasteiger partial charge in [0, 0.05) is 12.1 Å². The van der Waals surface area contributed by atoms with Gasteiger partial charge in [-0.25, -0.2) is 15.8 Å². The number of aromatic nitrogens is 1. The number of nitrogens with two attached hydrogens (primary N) is 2. The summed E-state index contributed by atoms with van der Waals surface area (Å²) < 4.78 is 25.3. The van der Waals surface area contributed by atoms with Crippen molar-refractivity contribution in [3.05, 3.63) is 40.0 Å². The van der Waals surface area contributed by atoms with Crippen molar-refractivity contribution in [1.82, 2.24) is 10.7 Å². The second-order valence-corrected chi connectivity index (χ2v) is 5.63. The summed E-state index contributed by atoms with van der Waals surface area (Å²) >= 11 is 5.94. The Morgan fingerprint density at radius 3 is 3.00 bits per heavy atom. The molecule has 0 saturated heterocycles. The van der Waals surface area contributed by atoms with Gasteiger partial charge in [-0.1, -0.05) is 16.8 Å². The number of hydrazine groups is 1. The monoisotopic (exact) mass is 354 g/mol. The summed E-state index contributed by atoms with van der Waals surface area (Å²) in [7, 11) is 0. The summed E-state index contributed by atoms with van der Waals surface area (Å²) in [5.74, 6) is 5.42. The number of fused-ring (bicyclic) bond motifs is 1. The van der Waals surface area contributed by atoms with Crippen LogP contribution in [0.2, 0.25) is 5.02 Å². The van der Waals surface area contributed by atoms with Crippen molar-refractivity contribution < 1.29 is 13.7 Å². The SMILES string of the molecule is Cc1cc(CN2CCOc3cc(Cl)c(F)c(/C(N)=N/NN)c32)no1. The van der Waals surface area contributed by atoms with Crippen LogP contribution in [-0.2, 0) is 6.54 Å². The molecule has 0 amide bonds. The minimum atomic E-state index is -0.696. The highest BCUT2D eigenvalue weighted by Gasteiger charge is 2.29. The van der Waals surface area contributed by atoms with E-state index in [1.807, 2.05) is 4.90 Å². The number of nitrogens with one attached hydrogen (secondary N) is 1. The zero-order chi connectivity index (χ0) is 17.3. The van der Waals surface area contributed by atoms with Crippen molar-refractivity contribution in [3.8, 4) is 5.75 Å². The Kier molecular flexibility index (Phi) is 4.45. The van der Waals surface area contributed by atoms with E-state index in [0.29, 0.717) is 42.6 Å². The van der Waals surface area contributed by atoms with Gasteiger partial charge in [0.05, 0.1) is 29.4 Å². The van der Waals surface area contributed by atoms with E-state index in [1.165, 1.54) is 6.07 Å². The van der Waals surface area contributed by atoms with Crippen molar-refractivity contribution in [1.29, 1.82) is 0 Å². The Morgan fingerprint density at radius 2 is 2.33 bits per heavy atom. The van der Waals surface area contributed by atoms with Gasteiger partial charge in [-0.3, -0.25) is 0 Å². The maximum Gasteiger partial charge on any atom is 0.157 e. The first-order valence-electron chi connectivity index (χ1n) is 7.12. The number of hydrazone groups is 1. The van der Waals surface area contributed by atoms with E-state index >= 15 is 0 Å². The molecule has 8 nitrogen and oxygen atoms in total. The van der Waals surface area contributed by atoms with E-state index in [9.17, 15) is 4.39 Å². The van der Waals surface area contributed by atoms with Crippen molar-refractivity contribution >= 4 is 23.1 Å². The maximum atomic E-state index is 14.6. The van der Waals surface area contributed by atoms with E-state index in [2.05, 4.69) is 15.8 Å². The average molecular weight is 355 g/mol. The van der Waals surface area contributed by atoms with E-state index in [4.69, 9.17) is 32.4 Å². The number of ether oxygens (including phenoxy) is 1. The number of aryl methyl sites for hydroxylation is 1. The first kappa shape index (κ1) is 16.3. The van der Waals surface area contributed by atoms with Gasteiger partial charge in [0.2, 0.25) is 0 Å². The molecule has 1 aromatic heterocycles. The van der Waals surface area contributed by atoms with Crippen LogP contribution in [0.1, 0.15) is 17.0 Å². The van der Waals surface area contributed by atoms with E-state index in [-0.39, 0.29) is 16.4 Å². The number of nitrogens with zero attached hydrogens (tertiary/aromatic N) is 3. The summed E-state index contributed by atoms with van der Waals surface area (Å²) in [5.41, 5.74) is 9.08. The number of rotatable bonds is 4. The molecule has 1 aliphatic rings. The molecule has 0 aliphatic carbocycles. The van der Waals surface area contributed by atoms with Crippen LogP contribution in [0.25, 0.3) is 0 Å². The Labute approximate surface area is 142 Å². The molecule has 128 valence electrons. The highest BCUT2D eigenvalue weighted by molar-refractivity contribution is 6.31. The molecule has 0 bridgehead atoms. The molecule has 0 radical (unpaired) electrons. The molecule has 24 heavy (non-hydrogen) atoms. The Morgan fingerprint density at radius 1 is 1.54 bits per heavy atom. The minimum Gasteiger partial charge on any atom is -0.489 e. The van der Waals surface area contributed by atoms with Gasteiger partial charge in [-0.05, 0) is 6.92 Å². The van der Waals surface area contributed by atoms with Crippen LogP contribution >= 0.6 is 11.6 Å². The summed E-state index contributed by atoms with van der Waals surface area (Å²) in [5, 5.41) is 7.51. The fraction of sp³-hybridized carbons (Fsp3) is 0.286. The first-order chi connectivity index (χ1) is 11.5. The number of hydrogen-bond acceptors (Lipinski definition) is 7. The third-order valence-electron chi connectivity index (χ3n) is 3.56. The topological polar surface area (TPSA) is 115 Å². The lowest BCUT2D eigenvalue weighted by atomic mass is 10.1. The number of halogens is 2. The molecule has 5 N–H and O–H groups in total. The molecule has 2 heterocycles. The normalized spacial score (nSPS) is 14.3. The fourth-order valence-corrected chi connectivity index (χ4v) is 2.79. The smallest absolute Gasteiger partial charge is 0.157 e. The molecular weight excluding hydrogens is 339 g/mol. The fourth-order valence-electron chi connectivity index (χ4n) is 2.60. The molecule has 0 spiro atoms. The van der Waals surface area contributed by atoms with Gasteiger partial charge in [-0.2, -0.15) is 0 Å². The number of hydrogen-bond donors (Lipinski definition) is 3. The third kappa shape index (κ3) is 2.95. The maximum absolute atomic E-state index is 14.6. The van der Waals surface area contributed by atoms with Gasteiger partial charge in [0.25, 0.3) is 0 Å². The minimum absolute atomic E-state index is 0.0235. The number of amidine groups is 1. The van der Waals surface area contributed by atoms with Gasteiger partial charge in [0.1, 0.15) is 23.8 Å². The average Bonchev–Trinajstić information content (AvgIpc) is 2.94. The van der Waals surface area contributed by atoms with Crippen molar-refractivity contribution in [3.63, 3.8) is 0 Å². The largest absolute Gasteiger partial charge is 0.489 e. The predicted molar refractivity (Wildman–Crippen MR) is 87.2 cm³/mol.